The summed E-state index contributed by atoms with van der Waals surface area (Å²) >= 11 is 1.53. The number of rotatable bonds is 5. The van der Waals surface area contributed by atoms with Crippen LogP contribution in [-0.2, 0) is 21.4 Å². The highest BCUT2D eigenvalue weighted by atomic mass is 32.2. The molecule has 27 heavy (non-hydrogen) atoms. The van der Waals surface area contributed by atoms with E-state index in [9.17, 15) is 13.2 Å². The molecule has 6 nitrogen and oxygen atoms in total. The minimum absolute atomic E-state index is 0.260. The lowest BCUT2D eigenvalue weighted by Gasteiger charge is -2.25. The molecule has 8 heteroatoms. The molecule has 0 aliphatic carbocycles. The van der Waals surface area contributed by atoms with Gasteiger partial charge in [0, 0.05) is 11.9 Å². The number of thiazole rings is 1. The zero-order chi connectivity index (χ0) is 19.8. The van der Waals surface area contributed by atoms with Crippen molar-refractivity contribution in [1.29, 1.82) is 0 Å². The monoisotopic (exact) mass is 407 g/mol. The van der Waals surface area contributed by atoms with E-state index >= 15 is 0 Å². The molecule has 3 rings (SSSR count). The van der Waals surface area contributed by atoms with Gasteiger partial charge in [0.15, 0.2) is 0 Å². The minimum atomic E-state index is -3.73. The standard InChI is InChI=1S/C19H25N3O3S2/c1-12-8-13(2)18(14(3)9-12)27(24,25)22-7-5-6-17(22)19(23)20-10-16-11-26-15(4)21-16/h8-9,11,17H,5-7,10H2,1-4H3,(H,20,23)/t17-/m1/s1. The van der Waals surface area contributed by atoms with E-state index in [4.69, 9.17) is 0 Å². The van der Waals surface area contributed by atoms with Gasteiger partial charge in [0.25, 0.3) is 0 Å². The molecular weight excluding hydrogens is 382 g/mol. The van der Waals surface area contributed by atoms with Crippen molar-refractivity contribution in [1.82, 2.24) is 14.6 Å². The SMILES string of the molecule is Cc1cc(C)c(S(=O)(=O)N2CCC[C@@H]2C(=O)NCc2csc(C)n2)c(C)c1. The average molecular weight is 408 g/mol. The largest absolute Gasteiger partial charge is 0.349 e. The van der Waals surface area contributed by atoms with Crippen molar-refractivity contribution in [2.75, 3.05) is 6.54 Å². The van der Waals surface area contributed by atoms with E-state index in [1.165, 1.54) is 15.6 Å². The first-order chi connectivity index (χ1) is 12.7. The molecule has 1 aliphatic heterocycles. The summed E-state index contributed by atoms with van der Waals surface area (Å²) in [5.74, 6) is -0.260. The minimum Gasteiger partial charge on any atom is -0.349 e. The van der Waals surface area contributed by atoms with Gasteiger partial charge in [-0.1, -0.05) is 17.7 Å². The van der Waals surface area contributed by atoms with Gasteiger partial charge in [0.2, 0.25) is 15.9 Å². The zero-order valence-electron chi connectivity index (χ0n) is 16.1. The first-order valence-corrected chi connectivity index (χ1v) is 11.3. The van der Waals surface area contributed by atoms with Crippen molar-refractivity contribution >= 4 is 27.3 Å². The second kappa shape index (κ2) is 7.69. The number of carbonyl (C=O) groups excluding carboxylic acids is 1. The van der Waals surface area contributed by atoms with Crippen molar-refractivity contribution in [3.63, 3.8) is 0 Å². The van der Waals surface area contributed by atoms with Gasteiger partial charge in [-0.25, -0.2) is 13.4 Å². The predicted molar refractivity (Wildman–Crippen MR) is 106 cm³/mol. The van der Waals surface area contributed by atoms with Crippen LogP contribution in [0.1, 0.15) is 40.2 Å². The van der Waals surface area contributed by atoms with E-state index in [2.05, 4.69) is 10.3 Å². The van der Waals surface area contributed by atoms with Crippen molar-refractivity contribution in [3.05, 3.63) is 44.9 Å². The number of nitrogens with zero attached hydrogens (tertiary/aromatic N) is 2. The first-order valence-electron chi connectivity index (χ1n) is 8.98. The fourth-order valence-corrected chi connectivity index (χ4v) is 6.45. The lowest BCUT2D eigenvalue weighted by Crippen LogP contribution is -2.46. The molecule has 0 bridgehead atoms. The molecule has 2 aromatic rings. The number of nitrogens with one attached hydrogen (secondary N) is 1. The third-order valence-electron chi connectivity index (χ3n) is 4.79. The van der Waals surface area contributed by atoms with Gasteiger partial charge in [-0.15, -0.1) is 11.3 Å². The number of aryl methyl sites for hydroxylation is 4. The maximum Gasteiger partial charge on any atom is 0.244 e. The summed E-state index contributed by atoms with van der Waals surface area (Å²) in [6, 6.07) is 3.07. The van der Waals surface area contributed by atoms with Crippen LogP contribution < -0.4 is 5.32 Å². The van der Waals surface area contributed by atoms with E-state index < -0.39 is 16.1 Å². The Morgan fingerprint density at radius 1 is 1.26 bits per heavy atom. The van der Waals surface area contributed by atoms with Gasteiger partial charge >= 0.3 is 0 Å². The molecule has 1 saturated heterocycles. The average Bonchev–Trinajstić information content (AvgIpc) is 3.20. The number of amides is 1. The van der Waals surface area contributed by atoms with E-state index in [1.54, 1.807) is 0 Å². The third kappa shape index (κ3) is 4.07. The van der Waals surface area contributed by atoms with Crippen molar-refractivity contribution in [2.24, 2.45) is 0 Å². The lowest BCUT2D eigenvalue weighted by molar-refractivity contribution is -0.124. The normalized spacial score (nSPS) is 18.0. The van der Waals surface area contributed by atoms with Crippen LogP contribution in [-0.4, -0.2) is 36.2 Å². The van der Waals surface area contributed by atoms with Gasteiger partial charge in [-0.2, -0.15) is 4.31 Å². The number of carbonyl (C=O) groups is 1. The Morgan fingerprint density at radius 3 is 2.52 bits per heavy atom. The summed E-state index contributed by atoms with van der Waals surface area (Å²) in [5.41, 5.74) is 3.26. The number of hydrogen-bond donors (Lipinski definition) is 1. The maximum absolute atomic E-state index is 13.3. The number of hydrogen-bond acceptors (Lipinski definition) is 5. The molecule has 1 aliphatic rings. The summed E-state index contributed by atoms with van der Waals surface area (Å²) in [7, 11) is -3.73. The Bertz CT molecular complexity index is 943. The van der Waals surface area contributed by atoms with Gasteiger partial charge < -0.3 is 5.32 Å². The molecule has 2 heterocycles. The molecular formula is C19H25N3O3S2. The summed E-state index contributed by atoms with van der Waals surface area (Å²) < 4.78 is 28.0. The van der Waals surface area contributed by atoms with Gasteiger partial charge in [-0.3, -0.25) is 4.79 Å². The molecule has 0 radical (unpaired) electrons. The summed E-state index contributed by atoms with van der Waals surface area (Å²) in [4.78, 5) is 17.3. The van der Waals surface area contributed by atoms with Crippen LogP contribution in [0.3, 0.4) is 0 Å². The van der Waals surface area contributed by atoms with Gasteiger partial charge in [-0.05, 0) is 51.7 Å². The second-order valence-corrected chi connectivity index (χ2v) is 9.97. The Balaban J connectivity index is 1.81. The third-order valence-corrected chi connectivity index (χ3v) is 7.82. The fraction of sp³-hybridized carbons (Fsp3) is 0.474. The first kappa shape index (κ1) is 20.0. The predicted octanol–water partition coefficient (Wildman–Crippen LogP) is 2.85. The number of benzene rings is 1. The summed E-state index contributed by atoms with van der Waals surface area (Å²) in [6.45, 7) is 8.15. The molecule has 146 valence electrons. The molecule has 0 saturated carbocycles. The van der Waals surface area contributed by atoms with Crippen molar-refractivity contribution in [2.45, 2.75) is 58.0 Å². The van der Waals surface area contributed by atoms with Gasteiger partial charge in [0.1, 0.15) is 6.04 Å². The quantitative estimate of drug-likeness (QED) is 0.827. The molecule has 1 aromatic heterocycles. The summed E-state index contributed by atoms with van der Waals surface area (Å²) in [6.07, 6.45) is 1.21. The molecule has 1 atom stereocenters. The summed E-state index contributed by atoms with van der Waals surface area (Å²) in [5, 5.41) is 5.69. The van der Waals surface area contributed by atoms with Crippen LogP contribution >= 0.6 is 11.3 Å². The number of sulfonamides is 1. The number of aromatic nitrogens is 1. The van der Waals surface area contributed by atoms with Crippen molar-refractivity contribution in [3.8, 4) is 0 Å². The van der Waals surface area contributed by atoms with Crippen molar-refractivity contribution < 1.29 is 13.2 Å². The Morgan fingerprint density at radius 2 is 1.93 bits per heavy atom. The maximum atomic E-state index is 13.3. The Kier molecular flexibility index (Phi) is 5.69. The Hall–Kier alpha value is -1.77. The van der Waals surface area contributed by atoms with Crippen LogP contribution in [0.2, 0.25) is 0 Å². The van der Waals surface area contributed by atoms with Gasteiger partial charge in [0.05, 0.1) is 22.1 Å². The van der Waals surface area contributed by atoms with Crippen LogP contribution in [0, 0.1) is 27.7 Å². The molecule has 1 N–H and O–H groups in total. The van der Waals surface area contributed by atoms with Crippen LogP contribution in [0.15, 0.2) is 22.4 Å². The second-order valence-electron chi connectivity index (χ2n) is 7.08. The highest BCUT2D eigenvalue weighted by Crippen LogP contribution is 2.30. The van der Waals surface area contributed by atoms with E-state index in [-0.39, 0.29) is 5.91 Å². The van der Waals surface area contributed by atoms with Crippen LogP contribution in [0.25, 0.3) is 0 Å². The Labute approximate surface area is 164 Å². The smallest absolute Gasteiger partial charge is 0.244 e. The van der Waals surface area contributed by atoms with E-state index in [0.717, 1.165) is 27.4 Å². The lowest BCUT2D eigenvalue weighted by atomic mass is 10.1. The fourth-order valence-electron chi connectivity index (χ4n) is 3.77. The van der Waals surface area contributed by atoms with E-state index in [1.807, 2.05) is 45.2 Å². The molecule has 1 amide bonds. The molecule has 1 aromatic carbocycles. The zero-order valence-corrected chi connectivity index (χ0v) is 17.7. The molecule has 0 spiro atoms. The topological polar surface area (TPSA) is 79.4 Å². The highest BCUT2D eigenvalue weighted by Gasteiger charge is 2.40. The van der Waals surface area contributed by atoms with Crippen LogP contribution in [0.4, 0.5) is 0 Å². The van der Waals surface area contributed by atoms with Crippen LogP contribution in [0.5, 0.6) is 0 Å². The molecule has 0 unspecified atom stereocenters. The molecule has 1 fully saturated rings. The highest BCUT2D eigenvalue weighted by molar-refractivity contribution is 7.89. The van der Waals surface area contributed by atoms with E-state index in [0.29, 0.717) is 30.8 Å².